The zero-order valence-electron chi connectivity index (χ0n) is 20.5. The lowest BCUT2D eigenvalue weighted by Crippen LogP contribution is -2.49. The number of piperidine rings is 1. The Morgan fingerprint density at radius 3 is 1.97 bits per heavy atom. The molecule has 2 heterocycles. The molecule has 0 radical (unpaired) electrons. The van der Waals surface area contributed by atoms with Gasteiger partial charge in [0.1, 0.15) is 5.60 Å². The Hall–Kier alpha value is -2.04. The highest BCUT2D eigenvalue weighted by Gasteiger charge is 2.36. The Morgan fingerprint density at radius 2 is 1.47 bits per heavy atom. The number of para-hydroxylation sites is 1. The maximum Gasteiger partial charge on any atom is 0.410 e. The molecule has 1 aromatic rings. The van der Waals surface area contributed by atoms with Crippen LogP contribution in [0.5, 0.6) is 0 Å². The fraction of sp³-hybridized carbons (Fsp3) is 0.680. The molecule has 0 saturated carbocycles. The summed E-state index contributed by atoms with van der Waals surface area (Å²) >= 11 is 0. The molecule has 2 amide bonds. The second kappa shape index (κ2) is 10.8. The molecule has 170 valence electrons. The molecular weight excluding hydrogens is 376 g/mol. The summed E-state index contributed by atoms with van der Waals surface area (Å²) in [5.74, 6) is 0.168. The highest BCUT2D eigenvalue weighted by atomic mass is 16.6. The molecule has 5 heteroatoms. The number of amides is 2. The zero-order chi connectivity index (χ0) is 23.1. The largest absolute Gasteiger partial charge is 0.444 e. The number of nitrogens with zero attached hydrogens (tertiary/aromatic N) is 2. The van der Waals surface area contributed by atoms with Crippen LogP contribution in [0.25, 0.3) is 0 Å². The van der Waals surface area contributed by atoms with Gasteiger partial charge in [-0.15, -0.1) is 0 Å². The van der Waals surface area contributed by atoms with Gasteiger partial charge in [-0.25, -0.2) is 4.79 Å². The van der Waals surface area contributed by atoms with Crippen molar-refractivity contribution in [2.75, 3.05) is 18.0 Å². The van der Waals surface area contributed by atoms with Crippen molar-refractivity contribution in [1.82, 2.24) is 4.90 Å². The van der Waals surface area contributed by atoms with Gasteiger partial charge >= 0.3 is 6.09 Å². The monoisotopic (exact) mass is 418 g/mol. The highest BCUT2D eigenvalue weighted by Crippen LogP contribution is 2.33. The maximum atomic E-state index is 12.4. The van der Waals surface area contributed by atoms with E-state index >= 15 is 0 Å². The number of hydrogen-bond acceptors (Lipinski definition) is 3. The topological polar surface area (TPSA) is 49.9 Å². The van der Waals surface area contributed by atoms with Crippen LogP contribution in [0.3, 0.4) is 0 Å². The van der Waals surface area contributed by atoms with E-state index in [-0.39, 0.29) is 18.0 Å². The first kappa shape index (κ1) is 26.0. The minimum atomic E-state index is -0.474. The van der Waals surface area contributed by atoms with Gasteiger partial charge in [-0.2, -0.15) is 0 Å². The fourth-order valence-electron chi connectivity index (χ4n) is 3.31. The number of likely N-dealkylation sites (tertiary alicyclic amines) is 1. The normalized spacial score (nSPS) is 16.8. The summed E-state index contributed by atoms with van der Waals surface area (Å²) in [5, 5.41) is 0. The predicted molar refractivity (Wildman–Crippen MR) is 125 cm³/mol. The van der Waals surface area contributed by atoms with Crippen LogP contribution in [0.15, 0.2) is 24.3 Å². The molecule has 0 N–H and O–H groups in total. The molecule has 2 aliphatic heterocycles. The van der Waals surface area contributed by atoms with E-state index in [0.29, 0.717) is 24.9 Å². The van der Waals surface area contributed by atoms with Crippen LogP contribution in [0.4, 0.5) is 10.5 Å². The molecule has 0 bridgehead atoms. The van der Waals surface area contributed by atoms with E-state index in [1.54, 1.807) is 4.90 Å². The number of rotatable bonds is 1. The minimum absolute atomic E-state index is 0.168. The van der Waals surface area contributed by atoms with Crippen LogP contribution < -0.4 is 4.90 Å². The summed E-state index contributed by atoms with van der Waals surface area (Å²) in [7, 11) is 0. The molecular formula is C25H42N2O3. The number of carbonyl (C=O) groups excluding carboxylic acids is 2. The quantitative estimate of drug-likeness (QED) is 0.557. The second-order valence-corrected chi connectivity index (χ2v) is 10.3. The molecule has 2 aliphatic rings. The third-order valence-corrected chi connectivity index (χ3v) is 4.34. The predicted octanol–water partition coefficient (Wildman–Crippen LogP) is 6.05. The lowest BCUT2D eigenvalue weighted by Gasteiger charge is -2.37. The molecule has 30 heavy (non-hydrogen) atoms. The van der Waals surface area contributed by atoms with Crippen LogP contribution in [-0.2, 0) is 16.0 Å². The lowest BCUT2D eigenvalue weighted by molar-refractivity contribution is -0.118. The van der Waals surface area contributed by atoms with Crippen LogP contribution in [0.2, 0.25) is 0 Å². The first-order valence-corrected chi connectivity index (χ1v) is 11.2. The highest BCUT2D eigenvalue weighted by molar-refractivity contribution is 6.01. The van der Waals surface area contributed by atoms with Crippen molar-refractivity contribution < 1.29 is 14.3 Å². The van der Waals surface area contributed by atoms with Gasteiger partial charge in [0.2, 0.25) is 5.91 Å². The van der Waals surface area contributed by atoms with Gasteiger partial charge in [-0.1, -0.05) is 59.7 Å². The molecule has 1 aromatic carbocycles. The average molecular weight is 419 g/mol. The van der Waals surface area contributed by atoms with Crippen LogP contribution in [0.1, 0.15) is 80.7 Å². The average Bonchev–Trinajstić information content (AvgIpc) is 2.96. The Labute approximate surface area is 183 Å². The Kier molecular flexibility index (Phi) is 9.38. The summed E-state index contributed by atoms with van der Waals surface area (Å²) in [4.78, 5) is 28.2. The molecule has 5 nitrogen and oxygen atoms in total. The van der Waals surface area contributed by atoms with Gasteiger partial charge in [0, 0.05) is 24.8 Å². The third kappa shape index (κ3) is 8.37. The lowest BCUT2D eigenvalue weighted by atomic mass is 10.0. The van der Waals surface area contributed by atoms with Crippen molar-refractivity contribution in [2.24, 2.45) is 5.41 Å². The molecule has 0 unspecified atom stereocenters. The van der Waals surface area contributed by atoms with E-state index in [2.05, 4.69) is 27.7 Å². The maximum absolute atomic E-state index is 12.4. The van der Waals surface area contributed by atoms with E-state index in [0.717, 1.165) is 24.1 Å². The zero-order valence-corrected chi connectivity index (χ0v) is 20.5. The smallest absolute Gasteiger partial charge is 0.410 e. The van der Waals surface area contributed by atoms with Crippen molar-refractivity contribution >= 4 is 17.7 Å². The number of benzene rings is 1. The molecule has 1 saturated heterocycles. The summed E-state index contributed by atoms with van der Waals surface area (Å²) in [6.07, 6.45) is 1.81. The number of anilines is 1. The van der Waals surface area contributed by atoms with Gasteiger partial charge in [0.05, 0.1) is 6.42 Å². The number of hydrogen-bond donors (Lipinski definition) is 0. The van der Waals surface area contributed by atoms with Crippen molar-refractivity contribution in [1.29, 1.82) is 0 Å². The molecule has 0 atom stereocenters. The van der Waals surface area contributed by atoms with Gasteiger partial charge in [0.25, 0.3) is 0 Å². The summed E-state index contributed by atoms with van der Waals surface area (Å²) in [6.45, 7) is 19.6. The standard InChI is InChI=1S/C18H24N2O3.C5H12.C2H6/c1-18(2,3)23-17(22)19-10-8-14(9-11-19)20-15-7-5-4-6-13(15)12-16(20)21;1-5(2,3)4;1-2/h4-7,14H,8-12H2,1-3H3;1-4H3;1-2H3. The van der Waals surface area contributed by atoms with Crippen molar-refractivity contribution in [3.8, 4) is 0 Å². The molecule has 0 spiro atoms. The summed E-state index contributed by atoms with van der Waals surface area (Å²) in [6, 6.07) is 8.15. The van der Waals surface area contributed by atoms with Crippen LogP contribution in [-0.4, -0.2) is 41.6 Å². The minimum Gasteiger partial charge on any atom is -0.444 e. The fourth-order valence-corrected chi connectivity index (χ4v) is 3.31. The van der Waals surface area contributed by atoms with Crippen molar-refractivity contribution in [3.63, 3.8) is 0 Å². The molecule has 0 aliphatic carbocycles. The first-order chi connectivity index (χ1) is 13.8. The van der Waals surface area contributed by atoms with Gasteiger partial charge in [0.15, 0.2) is 0 Å². The van der Waals surface area contributed by atoms with Crippen molar-refractivity contribution in [2.45, 2.75) is 93.2 Å². The van der Waals surface area contributed by atoms with E-state index in [4.69, 9.17) is 4.74 Å². The molecule has 3 rings (SSSR count). The Bertz CT molecular complexity index is 687. The Morgan fingerprint density at radius 1 is 0.967 bits per heavy atom. The van der Waals surface area contributed by atoms with Gasteiger partial charge in [-0.3, -0.25) is 4.79 Å². The van der Waals surface area contributed by atoms with E-state index in [9.17, 15) is 9.59 Å². The number of ether oxygens (including phenoxy) is 1. The second-order valence-electron chi connectivity index (χ2n) is 10.3. The molecule has 1 fully saturated rings. The summed E-state index contributed by atoms with van der Waals surface area (Å²) in [5.41, 5.74) is 2.16. The number of carbonyl (C=O) groups is 2. The third-order valence-electron chi connectivity index (χ3n) is 4.34. The van der Waals surface area contributed by atoms with Crippen molar-refractivity contribution in [3.05, 3.63) is 29.8 Å². The van der Waals surface area contributed by atoms with Crippen LogP contribution in [0, 0.1) is 5.41 Å². The van der Waals surface area contributed by atoms with Crippen LogP contribution >= 0.6 is 0 Å². The van der Waals surface area contributed by atoms with E-state index in [1.165, 1.54) is 0 Å². The van der Waals surface area contributed by atoms with E-state index in [1.807, 2.05) is 63.8 Å². The number of fused-ring (bicyclic) bond motifs is 1. The Balaban J connectivity index is 0.000000565. The van der Waals surface area contributed by atoms with Gasteiger partial charge in [-0.05, 0) is 50.7 Å². The van der Waals surface area contributed by atoms with E-state index < -0.39 is 5.60 Å². The molecule has 0 aromatic heterocycles. The first-order valence-electron chi connectivity index (χ1n) is 11.2. The summed E-state index contributed by atoms with van der Waals surface area (Å²) < 4.78 is 5.42. The van der Waals surface area contributed by atoms with Gasteiger partial charge < -0.3 is 14.5 Å². The SMILES string of the molecule is CC.CC(C)(C)C.CC(C)(C)OC(=O)N1CCC(N2C(=O)Cc3ccccc32)CC1.